The number of nitrogens with zero attached hydrogens (tertiary/aromatic N) is 3. The van der Waals surface area contributed by atoms with Crippen LogP contribution >= 0.6 is 11.6 Å². The number of halogens is 1. The number of benzene rings is 2. The van der Waals surface area contributed by atoms with Crippen molar-refractivity contribution in [1.82, 2.24) is 14.5 Å². The van der Waals surface area contributed by atoms with Gasteiger partial charge in [0.1, 0.15) is 18.0 Å². The maximum Gasteiger partial charge on any atom is 0.264 e. The van der Waals surface area contributed by atoms with Crippen molar-refractivity contribution < 1.29 is 22.7 Å². The van der Waals surface area contributed by atoms with Crippen molar-refractivity contribution in [1.29, 1.82) is 0 Å². The molecule has 1 amide bonds. The maximum absolute atomic E-state index is 13.8. The van der Waals surface area contributed by atoms with Gasteiger partial charge in [0.15, 0.2) is 0 Å². The fourth-order valence-electron chi connectivity index (χ4n) is 9.71. The molecule has 7 rings (SSSR count). The van der Waals surface area contributed by atoms with E-state index in [9.17, 15) is 13.2 Å². The Balaban J connectivity index is 1.27. The van der Waals surface area contributed by atoms with Gasteiger partial charge in [-0.1, -0.05) is 36.7 Å². The van der Waals surface area contributed by atoms with Gasteiger partial charge in [0.2, 0.25) is 10.0 Å². The smallest absolute Gasteiger partial charge is 0.264 e. The van der Waals surface area contributed by atoms with Gasteiger partial charge in [-0.05, 0) is 138 Å². The Labute approximate surface area is 328 Å². The number of hydrogen-bond acceptors (Lipinski definition) is 8. The van der Waals surface area contributed by atoms with Gasteiger partial charge in [-0.25, -0.2) is 13.1 Å². The van der Waals surface area contributed by atoms with Crippen molar-refractivity contribution in [3.63, 3.8) is 0 Å². The molecule has 296 valence electrons. The monoisotopic (exact) mass is 780 g/mol. The van der Waals surface area contributed by atoms with Gasteiger partial charge >= 0.3 is 0 Å². The summed E-state index contributed by atoms with van der Waals surface area (Å²) in [6.07, 6.45) is 11.6. The minimum Gasteiger partial charge on any atom is -0.487 e. The lowest BCUT2D eigenvalue weighted by atomic mass is 9.63. The van der Waals surface area contributed by atoms with Gasteiger partial charge in [0, 0.05) is 68.5 Å². The molecule has 9 nitrogen and oxygen atoms in total. The molecule has 1 saturated heterocycles. The first-order valence-electron chi connectivity index (χ1n) is 20.5. The number of fused-ring (bicyclic) bond motifs is 4. The Hall–Kier alpha value is -2.63. The summed E-state index contributed by atoms with van der Waals surface area (Å²) in [7, 11) is -3.94. The van der Waals surface area contributed by atoms with Crippen LogP contribution in [0.4, 0.5) is 5.69 Å². The van der Waals surface area contributed by atoms with Crippen LogP contribution in [0.3, 0.4) is 0 Å². The standard InChI is InChI=1S/C43H61ClN4O5S/c1-6-22-53-43(29-46-20-21-48(30(2)3)31(4)26-46)18-9-11-36-25-42(36,5)54(50,51)45-41(49)33-14-17-40-39(24-33)47(27-34-13-16-38(34)43)19-8-7-10-32-23-37(44)15-12-35(32)28-52-40/h9,12,14-15,17-18,23-24,30-31,34,36,38H,6-8,10-11,13,16,19-22,25-29H2,1-5H3,(H,45,49)/b18-9+/t31-,34+,36-,38-,42-,43+/m1/s1. The zero-order valence-electron chi connectivity index (χ0n) is 33.0. The Bertz CT molecular complexity index is 1820. The summed E-state index contributed by atoms with van der Waals surface area (Å²) >= 11 is 6.43. The molecule has 6 atom stereocenters. The Morgan fingerprint density at radius 3 is 2.63 bits per heavy atom. The van der Waals surface area contributed by atoms with E-state index in [2.05, 4.69) is 59.3 Å². The van der Waals surface area contributed by atoms with Crippen molar-refractivity contribution in [2.45, 2.75) is 115 Å². The summed E-state index contributed by atoms with van der Waals surface area (Å²) < 4.78 is 42.8. The molecule has 2 aromatic carbocycles. The lowest BCUT2D eigenvalue weighted by Crippen LogP contribution is -2.61. The molecule has 1 N–H and O–H groups in total. The summed E-state index contributed by atoms with van der Waals surface area (Å²) in [4.78, 5) is 21.3. The minimum atomic E-state index is -3.94. The SMILES string of the molecule is CCCO[C@]1(CN2CCN(C(C)C)[C@H](C)C2)/C=C/C[C@@H]2C[C@@]2(C)S(=O)(=O)NC(=O)c2ccc3c(c2)N(CCCCc2cc(Cl)ccc2CO3)C[C@@H]2CC[C@H]21. The predicted octanol–water partition coefficient (Wildman–Crippen LogP) is 7.47. The van der Waals surface area contributed by atoms with E-state index >= 15 is 0 Å². The van der Waals surface area contributed by atoms with Gasteiger partial charge in [-0.15, -0.1) is 0 Å². The van der Waals surface area contributed by atoms with Crippen molar-refractivity contribution in [3.8, 4) is 5.75 Å². The largest absolute Gasteiger partial charge is 0.487 e. The quantitative estimate of drug-likeness (QED) is 0.302. The zero-order chi connectivity index (χ0) is 38.3. The number of carbonyl (C=O) groups excluding carboxylic acids is 1. The van der Waals surface area contributed by atoms with E-state index in [0.717, 1.165) is 94.1 Å². The Kier molecular flexibility index (Phi) is 11.8. The highest BCUT2D eigenvalue weighted by atomic mass is 35.5. The topological polar surface area (TPSA) is 91.4 Å². The second-order valence-corrected chi connectivity index (χ2v) is 19.8. The third-order valence-corrected chi connectivity index (χ3v) is 15.6. The third-order valence-electron chi connectivity index (χ3n) is 13.2. The molecular weight excluding hydrogens is 720 g/mol. The van der Waals surface area contributed by atoms with Crippen LogP contribution in [0.1, 0.15) is 101 Å². The molecule has 3 aliphatic heterocycles. The molecular formula is C43H61ClN4O5S. The number of carbonyl (C=O) groups is 1. The number of nitrogens with one attached hydrogen (secondary N) is 1. The lowest BCUT2D eigenvalue weighted by molar-refractivity contribution is -0.118. The van der Waals surface area contributed by atoms with Crippen LogP contribution in [0.25, 0.3) is 0 Å². The summed E-state index contributed by atoms with van der Waals surface area (Å²) in [5.41, 5.74) is 2.95. The van der Waals surface area contributed by atoms with Crippen molar-refractivity contribution in [2.24, 2.45) is 17.8 Å². The zero-order valence-corrected chi connectivity index (χ0v) is 34.6. The van der Waals surface area contributed by atoms with Gasteiger partial charge in [0.25, 0.3) is 5.91 Å². The minimum absolute atomic E-state index is 0.0725. The molecule has 0 aromatic heterocycles. The van der Waals surface area contributed by atoms with Crippen LogP contribution in [-0.2, 0) is 27.8 Å². The summed E-state index contributed by atoms with van der Waals surface area (Å²) in [6.45, 7) is 17.3. The maximum atomic E-state index is 13.8. The summed E-state index contributed by atoms with van der Waals surface area (Å²) in [5, 5.41) is 0.724. The first-order chi connectivity index (χ1) is 25.8. The van der Waals surface area contributed by atoms with E-state index in [1.807, 2.05) is 30.3 Å². The Morgan fingerprint density at radius 2 is 1.89 bits per heavy atom. The average molecular weight is 782 g/mol. The van der Waals surface area contributed by atoms with Crippen LogP contribution in [0.2, 0.25) is 5.02 Å². The van der Waals surface area contributed by atoms with E-state index in [1.165, 1.54) is 5.56 Å². The molecule has 2 aromatic rings. The summed E-state index contributed by atoms with van der Waals surface area (Å²) in [6, 6.07) is 12.4. The van der Waals surface area contributed by atoms with E-state index in [4.69, 9.17) is 21.1 Å². The van der Waals surface area contributed by atoms with Crippen LogP contribution < -0.4 is 14.4 Å². The van der Waals surface area contributed by atoms with Crippen molar-refractivity contribution in [2.75, 3.05) is 50.8 Å². The van der Waals surface area contributed by atoms with E-state index in [1.54, 1.807) is 13.0 Å². The molecule has 2 saturated carbocycles. The number of allylic oxidation sites excluding steroid dienone is 1. The van der Waals surface area contributed by atoms with Gasteiger partial charge in [0.05, 0.1) is 10.4 Å². The normalized spacial score (nSPS) is 32.5. The molecule has 54 heavy (non-hydrogen) atoms. The predicted molar refractivity (Wildman–Crippen MR) is 217 cm³/mol. The Morgan fingerprint density at radius 1 is 1.06 bits per heavy atom. The lowest BCUT2D eigenvalue weighted by Gasteiger charge is -2.53. The van der Waals surface area contributed by atoms with Crippen LogP contribution in [0.15, 0.2) is 48.6 Å². The molecule has 3 heterocycles. The summed E-state index contributed by atoms with van der Waals surface area (Å²) in [5.74, 6) is 0.681. The van der Waals surface area contributed by atoms with Gasteiger partial charge in [-0.3, -0.25) is 14.6 Å². The van der Waals surface area contributed by atoms with E-state index in [0.29, 0.717) is 61.3 Å². The van der Waals surface area contributed by atoms with Gasteiger partial charge < -0.3 is 14.4 Å². The molecule has 2 bridgehead atoms. The number of aryl methyl sites for hydroxylation is 1. The number of piperazine rings is 1. The number of amides is 1. The fourth-order valence-corrected chi connectivity index (χ4v) is 11.5. The molecule has 0 unspecified atom stereocenters. The number of sulfonamides is 1. The second kappa shape index (κ2) is 16.1. The van der Waals surface area contributed by atoms with E-state index in [-0.39, 0.29) is 5.92 Å². The molecule has 11 heteroatoms. The molecule has 0 radical (unpaired) electrons. The highest BCUT2D eigenvalue weighted by Gasteiger charge is 2.60. The number of ether oxygens (including phenoxy) is 2. The van der Waals surface area contributed by atoms with Gasteiger partial charge in [-0.2, -0.15) is 0 Å². The van der Waals surface area contributed by atoms with Crippen LogP contribution in [-0.4, -0.2) is 92.4 Å². The average Bonchev–Trinajstić information content (AvgIpc) is 3.80. The van der Waals surface area contributed by atoms with Crippen molar-refractivity contribution in [3.05, 3.63) is 70.3 Å². The first kappa shape index (κ1) is 39.6. The fraction of sp³-hybridized carbons (Fsp3) is 0.651. The second-order valence-electron chi connectivity index (χ2n) is 17.2. The highest BCUT2D eigenvalue weighted by molar-refractivity contribution is 7.91. The molecule has 3 fully saturated rings. The molecule has 2 aliphatic carbocycles. The van der Waals surface area contributed by atoms with E-state index < -0.39 is 26.3 Å². The molecule has 5 aliphatic rings. The highest BCUT2D eigenvalue weighted by Crippen LogP contribution is 2.52. The van der Waals surface area contributed by atoms with Crippen LogP contribution in [0.5, 0.6) is 5.75 Å². The molecule has 0 spiro atoms. The van der Waals surface area contributed by atoms with Crippen molar-refractivity contribution >= 4 is 33.2 Å². The number of hydrogen-bond donors (Lipinski definition) is 1. The first-order valence-corrected chi connectivity index (χ1v) is 22.3. The number of rotatable bonds is 6. The van der Waals surface area contributed by atoms with Crippen LogP contribution in [0, 0.1) is 17.8 Å². The third kappa shape index (κ3) is 8.11. The number of anilines is 1.